The van der Waals surface area contributed by atoms with Crippen molar-refractivity contribution in [2.75, 3.05) is 26.7 Å². The van der Waals surface area contributed by atoms with Crippen LogP contribution in [0.1, 0.15) is 25.0 Å². The molecular formula is C22H28N2O3. The van der Waals surface area contributed by atoms with E-state index < -0.39 is 11.8 Å². The van der Waals surface area contributed by atoms with Gasteiger partial charge in [-0.2, -0.15) is 0 Å². The quantitative estimate of drug-likeness (QED) is 0.764. The summed E-state index contributed by atoms with van der Waals surface area (Å²) in [6.45, 7) is 7.21. The number of hydrogen-bond acceptors (Lipinski definition) is 3. The summed E-state index contributed by atoms with van der Waals surface area (Å²) in [5.74, 6) is -0.269. The second-order valence-corrected chi connectivity index (χ2v) is 6.37. The molecule has 0 bridgehead atoms. The molecule has 0 aliphatic carbocycles. The van der Waals surface area contributed by atoms with Crippen LogP contribution < -0.4 is 10.1 Å². The first-order chi connectivity index (χ1) is 13.0. The molecule has 2 amide bonds. The first-order valence-corrected chi connectivity index (χ1v) is 9.31. The summed E-state index contributed by atoms with van der Waals surface area (Å²) in [6.07, 6.45) is 0.609. The van der Waals surface area contributed by atoms with Crippen LogP contribution in [0.3, 0.4) is 0 Å². The molecule has 0 unspecified atom stereocenters. The van der Waals surface area contributed by atoms with Crippen LogP contribution in [-0.4, -0.2) is 43.5 Å². The zero-order valence-electron chi connectivity index (χ0n) is 16.5. The third-order valence-electron chi connectivity index (χ3n) is 4.60. The monoisotopic (exact) mass is 368 g/mol. The number of likely N-dealkylation sites (N-methyl/N-ethyl adjacent to an activating group) is 1. The summed E-state index contributed by atoms with van der Waals surface area (Å²) in [5, 5.41) is 2.73. The fourth-order valence-corrected chi connectivity index (χ4v) is 2.96. The van der Waals surface area contributed by atoms with Gasteiger partial charge in [-0.3, -0.25) is 9.59 Å². The van der Waals surface area contributed by atoms with Gasteiger partial charge in [-0.15, -0.1) is 0 Å². The van der Waals surface area contributed by atoms with Gasteiger partial charge < -0.3 is 15.0 Å². The van der Waals surface area contributed by atoms with Gasteiger partial charge in [0.15, 0.2) is 0 Å². The third-order valence-corrected chi connectivity index (χ3v) is 4.60. The van der Waals surface area contributed by atoms with Gasteiger partial charge in [0.1, 0.15) is 5.75 Å². The Balaban J connectivity index is 2.12. The van der Waals surface area contributed by atoms with Crippen molar-refractivity contribution < 1.29 is 14.3 Å². The Bertz CT molecular complexity index is 781. The first kappa shape index (κ1) is 20.5. The van der Waals surface area contributed by atoms with Crippen LogP contribution in [0, 0.1) is 6.92 Å². The van der Waals surface area contributed by atoms with Crippen LogP contribution in [0.5, 0.6) is 5.75 Å². The highest BCUT2D eigenvalue weighted by atomic mass is 16.5. The highest BCUT2D eigenvalue weighted by Crippen LogP contribution is 2.28. The molecule has 0 spiro atoms. The number of benzene rings is 2. The lowest BCUT2D eigenvalue weighted by Gasteiger charge is -2.18. The molecular weight excluding hydrogens is 340 g/mol. The molecule has 2 aromatic carbocycles. The first-order valence-electron chi connectivity index (χ1n) is 9.31. The summed E-state index contributed by atoms with van der Waals surface area (Å²) >= 11 is 0. The van der Waals surface area contributed by atoms with E-state index in [1.54, 1.807) is 7.11 Å². The molecule has 27 heavy (non-hydrogen) atoms. The average Bonchev–Trinajstić information content (AvgIpc) is 2.69. The van der Waals surface area contributed by atoms with Gasteiger partial charge in [0.05, 0.1) is 7.11 Å². The molecule has 0 aromatic heterocycles. The van der Waals surface area contributed by atoms with E-state index in [4.69, 9.17) is 4.74 Å². The minimum Gasteiger partial charge on any atom is -0.497 e. The Morgan fingerprint density at radius 2 is 1.70 bits per heavy atom. The Kier molecular flexibility index (Phi) is 7.41. The van der Waals surface area contributed by atoms with E-state index in [1.807, 2.05) is 32.0 Å². The molecule has 144 valence electrons. The molecule has 5 heteroatoms. The van der Waals surface area contributed by atoms with Crippen LogP contribution in [-0.2, 0) is 16.0 Å². The number of rotatable bonds is 7. The van der Waals surface area contributed by atoms with E-state index in [0.29, 0.717) is 26.1 Å². The molecule has 2 rings (SSSR count). The number of hydrogen-bond donors (Lipinski definition) is 1. The number of carbonyl (C=O) groups excluding carboxylic acids is 2. The number of aryl methyl sites for hydroxylation is 1. The second-order valence-electron chi connectivity index (χ2n) is 6.37. The molecule has 0 fully saturated rings. The zero-order valence-corrected chi connectivity index (χ0v) is 16.5. The van der Waals surface area contributed by atoms with Gasteiger partial charge in [0.25, 0.3) is 0 Å². The van der Waals surface area contributed by atoms with Crippen molar-refractivity contribution in [3.63, 3.8) is 0 Å². The number of nitrogens with zero attached hydrogens (tertiary/aromatic N) is 1. The third kappa shape index (κ3) is 5.33. The largest absolute Gasteiger partial charge is 0.497 e. The Morgan fingerprint density at radius 1 is 1.04 bits per heavy atom. The van der Waals surface area contributed by atoms with E-state index in [2.05, 4.69) is 36.5 Å². The Morgan fingerprint density at radius 3 is 2.30 bits per heavy atom. The summed E-state index contributed by atoms with van der Waals surface area (Å²) in [7, 11) is 1.63. The van der Waals surface area contributed by atoms with Crippen LogP contribution in [0.2, 0.25) is 0 Å². The van der Waals surface area contributed by atoms with Crippen LogP contribution >= 0.6 is 0 Å². The minimum absolute atomic E-state index is 0.387. The predicted octanol–water partition coefficient (Wildman–Crippen LogP) is 3.20. The number of amides is 2. The fourth-order valence-electron chi connectivity index (χ4n) is 2.96. The van der Waals surface area contributed by atoms with Gasteiger partial charge in [-0.05, 0) is 56.0 Å². The summed E-state index contributed by atoms with van der Waals surface area (Å²) < 4.78 is 5.34. The Hall–Kier alpha value is -2.82. The van der Waals surface area contributed by atoms with Crippen molar-refractivity contribution in [1.29, 1.82) is 0 Å². The molecule has 0 saturated heterocycles. The number of nitrogens with one attached hydrogen (secondary N) is 1. The maximum Gasteiger partial charge on any atom is 0.311 e. The second kappa shape index (κ2) is 9.76. The molecule has 0 saturated carbocycles. The van der Waals surface area contributed by atoms with Crippen LogP contribution in [0.25, 0.3) is 11.1 Å². The van der Waals surface area contributed by atoms with E-state index in [1.165, 1.54) is 10.5 Å². The van der Waals surface area contributed by atoms with Crippen molar-refractivity contribution >= 4 is 11.8 Å². The van der Waals surface area contributed by atoms with Crippen molar-refractivity contribution in [2.24, 2.45) is 0 Å². The lowest BCUT2D eigenvalue weighted by Crippen LogP contribution is -2.43. The SMILES string of the molecule is CCN(CC)C(=O)C(=O)NCCc1cc(OC)ccc1-c1ccc(C)cc1. The molecule has 0 heterocycles. The lowest BCUT2D eigenvalue weighted by atomic mass is 9.96. The fraction of sp³-hybridized carbons (Fsp3) is 0.364. The summed E-state index contributed by atoms with van der Waals surface area (Å²) in [5.41, 5.74) is 4.48. The van der Waals surface area contributed by atoms with Gasteiger partial charge in [0, 0.05) is 19.6 Å². The van der Waals surface area contributed by atoms with Crippen molar-refractivity contribution in [2.45, 2.75) is 27.2 Å². The minimum atomic E-state index is -0.557. The summed E-state index contributed by atoms with van der Waals surface area (Å²) in [6, 6.07) is 14.3. The van der Waals surface area contributed by atoms with Crippen molar-refractivity contribution in [3.8, 4) is 16.9 Å². The van der Waals surface area contributed by atoms with E-state index >= 15 is 0 Å². The number of ether oxygens (including phenoxy) is 1. The van der Waals surface area contributed by atoms with E-state index in [-0.39, 0.29) is 0 Å². The molecule has 0 aliphatic heterocycles. The molecule has 0 aliphatic rings. The van der Waals surface area contributed by atoms with Crippen LogP contribution in [0.15, 0.2) is 42.5 Å². The number of methoxy groups -OCH3 is 1. The lowest BCUT2D eigenvalue weighted by molar-refractivity contribution is -0.145. The zero-order chi connectivity index (χ0) is 19.8. The van der Waals surface area contributed by atoms with Gasteiger partial charge in [0.2, 0.25) is 0 Å². The van der Waals surface area contributed by atoms with E-state index in [9.17, 15) is 9.59 Å². The normalized spacial score (nSPS) is 10.4. The standard InChI is InChI=1S/C22H28N2O3/c1-5-24(6-2)22(26)21(25)23-14-13-18-15-19(27-4)11-12-20(18)17-9-7-16(3)8-10-17/h7-12,15H,5-6,13-14H2,1-4H3,(H,23,25). The molecule has 1 N–H and O–H groups in total. The van der Waals surface area contributed by atoms with Crippen molar-refractivity contribution in [1.82, 2.24) is 10.2 Å². The average molecular weight is 368 g/mol. The Labute approximate surface area is 161 Å². The van der Waals surface area contributed by atoms with Gasteiger partial charge in [-0.25, -0.2) is 0 Å². The maximum atomic E-state index is 12.1. The summed E-state index contributed by atoms with van der Waals surface area (Å²) in [4.78, 5) is 25.7. The molecule has 5 nitrogen and oxygen atoms in total. The molecule has 2 aromatic rings. The van der Waals surface area contributed by atoms with Gasteiger partial charge in [-0.1, -0.05) is 35.9 Å². The highest BCUT2D eigenvalue weighted by molar-refractivity contribution is 6.34. The molecule has 0 atom stereocenters. The van der Waals surface area contributed by atoms with E-state index in [0.717, 1.165) is 22.4 Å². The predicted molar refractivity (Wildman–Crippen MR) is 108 cm³/mol. The van der Waals surface area contributed by atoms with Gasteiger partial charge >= 0.3 is 11.8 Å². The smallest absolute Gasteiger partial charge is 0.311 e. The highest BCUT2D eigenvalue weighted by Gasteiger charge is 2.18. The van der Waals surface area contributed by atoms with Crippen LogP contribution in [0.4, 0.5) is 0 Å². The van der Waals surface area contributed by atoms with Crippen molar-refractivity contribution in [3.05, 3.63) is 53.6 Å². The maximum absolute atomic E-state index is 12.1. The topological polar surface area (TPSA) is 58.6 Å². The number of carbonyl (C=O) groups is 2. The molecule has 0 radical (unpaired) electrons.